The van der Waals surface area contributed by atoms with E-state index in [1.807, 2.05) is 0 Å². The predicted octanol–water partition coefficient (Wildman–Crippen LogP) is 4.27. The summed E-state index contributed by atoms with van der Waals surface area (Å²) in [6, 6.07) is 10.3. The summed E-state index contributed by atoms with van der Waals surface area (Å²) in [7, 11) is 1.40. The second-order valence-corrected chi connectivity index (χ2v) is 7.18. The summed E-state index contributed by atoms with van der Waals surface area (Å²) in [5, 5.41) is 14.5. The highest BCUT2D eigenvalue weighted by molar-refractivity contribution is 6.35. The maximum absolute atomic E-state index is 13.6. The van der Waals surface area contributed by atoms with E-state index in [1.54, 1.807) is 12.1 Å². The van der Waals surface area contributed by atoms with Crippen molar-refractivity contribution in [1.29, 1.82) is 0 Å². The summed E-state index contributed by atoms with van der Waals surface area (Å²) in [5.41, 5.74) is -3.38. The van der Waals surface area contributed by atoms with Gasteiger partial charge in [-0.05, 0) is 30.3 Å². The van der Waals surface area contributed by atoms with Gasteiger partial charge in [0, 0.05) is 10.6 Å². The fraction of sp³-hybridized carbons (Fsp3) is 0.263. The average molecular weight is 463 g/mol. The maximum atomic E-state index is 13.6. The van der Waals surface area contributed by atoms with E-state index in [0.717, 1.165) is 0 Å². The van der Waals surface area contributed by atoms with Gasteiger partial charge in [-0.15, -0.1) is 0 Å². The third kappa shape index (κ3) is 4.33. The van der Waals surface area contributed by atoms with Crippen LogP contribution in [0.1, 0.15) is 12.0 Å². The van der Waals surface area contributed by atoms with Gasteiger partial charge in [-0.25, -0.2) is 0 Å². The molecule has 160 valence electrons. The highest BCUT2D eigenvalue weighted by Gasteiger charge is 2.63. The summed E-state index contributed by atoms with van der Waals surface area (Å²) in [5.74, 6) is -0.781. The van der Waals surface area contributed by atoms with Crippen molar-refractivity contribution in [3.8, 4) is 11.5 Å². The fourth-order valence-corrected chi connectivity index (χ4v) is 3.25. The molecule has 1 atom stereocenters. The Hall–Kier alpha value is -2.49. The second kappa shape index (κ2) is 8.33. The van der Waals surface area contributed by atoms with Crippen molar-refractivity contribution in [2.75, 3.05) is 13.7 Å². The Labute approximate surface area is 179 Å². The van der Waals surface area contributed by atoms with E-state index < -0.39 is 30.8 Å². The molecule has 0 aromatic heterocycles. The summed E-state index contributed by atoms with van der Waals surface area (Å²) < 4.78 is 51.2. The van der Waals surface area contributed by atoms with Crippen LogP contribution in [-0.2, 0) is 4.79 Å². The molecule has 0 saturated heterocycles. The van der Waals surface area contributed by atoms with Crippen molar-refractivity contribution in [3.05, 3.63) is 58.1 Å². The number of aliphatic hydroxyl groups is 1. The van der Waals surface area contributed by atoms with E-state index in [1.165, 1.54) is 37.4 Å². The van der Waals surface area contributed by atoms with Crippen LogP contribution in [0.2, 0.25) is 10.0 Å². The van der Waals surface area contributed by atoms with E-state index >= 15 is 0 Å². The molecule has 1 heterocycles. The molecular weight excluding hydrogens is 448 g/mol. The quantitative estimate of drug-likeness (QED) is 0.720. The second-order valence-electron chi connectivity index (χ2n) is 6.34. The third-order valence-electron chi connectivity index (χ3n) is 4.32. The molecule has 1 aliphatic rings. The summed E-state index contributed by atoms with van der Waals surface area (Å²) >= 11 is 11.7. The van der Waals surface area contributed by atoms with Crippen LogP contribution in [0.25, 0.3) is 0 Å². The first-order valence-corrected chi connectivity index (χ1v) is 9.22. The number of benzene rings is 2. The number of ether oxygens (including phenoxy) is 2. The number of hydrazone groups is 1. The minimum absolute atomic E-state index is 0.00830. The van der Waals surface area contributed by atoms with Gasteiger partial charge in [0.2, 0.25) is 0 Å². The van der Waals surface area contributed by atoms with E-state index in [0.29, 0.717) is 10.8 Å². The molecule has 1 amide bonds. The minimum atomic E-state index is -5.16. The Morgan fingerprint density at radius 3 is 2.63 bits per heavy atom. The van der Waals surface area contributed by atoms with Crippen LogP contribution in [0.15, 0.2) is 47.6 Å². The van der Waals surface area contributed by atoms with Crippen LogP contribution in [0.5, 0.6) is 11.5 Å². The number of hydrogen-bond donors (Lipinski definition) is 1. The van der Waals surface area contributed by atoms with Gasteiger partial charge in [0.05, 0.1) is 24.3 Å². The molecule has 11 heteroatoms. The molecular formula is C19H15Cl2F3N2O4. The molecule has 0 aliphatic carbocycles. The van der Waals surface area contributed by atoms with E-state index in [4.69, 9.17) is 32.7 Å². The van der Waals surface area contributed by atoms with Crippen molar-refractivity contribution in [1.82, 2.24) is 5.01 Å². The third-order valence-corrected chi connectivity index (χ3v) is 4.85. The Morgan fingerprint density at radius 1 is 1.27 bits per heavy atom. The van der Waals surface area contributed by atoms with Crippen LogP contribution in [0, 0.1) is 0 Å². The maximum Gasteiger partial charge on any atom is 0.438 e. The lowest BCUT2D eigenvalue weighted by Gasteiger charge is -2.32. The zero-order valence-corrected chi connectivity index (χ0v) is 16.9. The Morgan fingerprint density at radius 2 is 2.00 bits per heavy atom. The first-order valence-electron chi connectivity index (χ1n) is 8.47. The molecule has 3 rings (SSSR count). The molecule has 1 N–H and O–H groups in total. The van der Waals surface area contributed by atoms with Gasteiger partial charge in [0.25, 0.3) is 11.6 Å². The Kier molecular flexibility index (Phi) is 6.16. The number of amides is 1. The molecule has 0 saturated carbocycles. The van der Waals surface area contributed by atoms with E-state index in [-0.39, 0.29) is 27.1 Å². The molecule has 2 aromatic carbocycles. The van der Waals surface area contributed by atoms with Crippen LogP contribution in [-0.4, -0.2) is 47.4 Å². The zero-order valence-electron chi connectivity index (χ0n) is 15.4. The minimum Gasteiger partial charge on any atom is -0.497 e. The topological polar surface area (TPSA) is 71.4 Å². The molecule has 30 heavy (non-hydrogen) atoms. The van der Waals surface area contributed by atoms with Crippen LogP contribution >= 0.6 is 23.2 Å². The Bertz CT molecular complexity index is 1000. The molecule has 0 radical (unpaired) electrons. The number of hydrogen-bond acceptors (Lipinski definition) is 5. The number of alkyl halides is 3. The largest absolute Gasteiger partial charge is 0.497 e. The van der Waals surface area contributed by atoms with Gasteiger partial charge in [-0.2, -0.15) is 23.3 Å². The monoisotopic (exact) mass is 462 g/mol. The molecule has 1 aliphatic heterocycles. The fourth-order valence-electron chi connectivity index (χ4n) is 2.78. The number of carbonyl (C=O) groups is 1. The summed E-state index contributed by atoms with van der Waals surface area (Å²) in [6.07, 6.45) is -6.11. The molecule has 6 nitrogen and oxygen atoms in total. The van der Waals surface area contributed by atoms with Crippen molar-refractivity contribution in [2.24, 2.45) is 5.10 Å². The smallest absolute Gasteiger partial charge is 0.438 e. The highest BCUT2D eigenvalue weighted by Crippen LogP contribution is 2.41. The average Bonchev–Trinajstić information content (AvgIpc) is 3.06. The van der Waals surface area contributed by atoms with Gasteiger partial charge in [0.1, 0.15) is 11.5 Å². The first-order chi connectivity index (χ1) is 14.0. The lowest BCUT2D eigenvalue weighted by molar-refractivity contribution is -0.302. The van der Waals surface area contributed by atoms with Gasteiger partial charge in [-0.3, -0.25) is 4.79 Å². The van der Waals surface area contributed by atoms with E-state index in [9.17, 15) is 23.1 Å². The number of nitrogens with zero attached hydrogens (tertiary/aromatic N) is 2. The molecule has 0 spiro atoms. The highest BCUT2D eigenvalue weighted by atomic mass is 35.5. The first kappa shape index (κ1) is 22.2. The molecule has 0 bridgehead atoms. The van der Waals surface area contributed by atoms with Gasteiger partial charge >= 0.3 is 6.18 Å². The molecule has 2 aromatic rings. The van der Waals surface area contributed by atoms with Gasteiger partial charge in [-0.1, -0.05) is 35.3 Å². The molecule has 0 fully saturated rings. The lowest BCUT2D eigenvalue weighted by Crippen LogP contribution is -2.57. The van der Waals surface area contributed by atoms with E-state index in [2.05, 4.69) is 5.10 Å². The van der Waals surface area contributed by atoms with Crippen molar-refractivity contribution in [3.63, 3.8) is 0 Å². The predicted molar refractivity (Wildman–Crippen MR) is 104 cm³/mol. The van der Waals surface area contributed by atoms with Crippen LogP contribution in [0.4, 0.5) is 13.2 Å². The number of rotatable bonds is 5. The normalized spacial score (nSPS) is 18.9. The molecule has 0 unspecified atom stereocenters. The Balaban J connectivity index is 1.87. The standard InChI is InChI=1S/C19H15Cl2F3N2O4/c1-29-13-4-2-3-11(7-13)15-9-18(28,19(22,23)24)26(25-15)17(27)10-30-16-6-5-12(20)8-14(16)21/h2-8,28H,9-10H2,1H3/t18-/m1/s1. The van der Waals surface area contributed by atoms with Crippen LogP contribution in [0.3, 0.4) is 0 Å². The summed E-state index contributed by atoms with van der Waals surface area (Å²) in [4.78, 5) is 12.5. The van der Waals surface area contributed by atoms with Crippen LogP contribution < -0.4 is 9.47 Å². The van der Waals surface area contributed by atoms with Crippen molar-refractivity contribution in [2.45, 2.75) is 18.3 Å². The lowest BCUT2D eigenvalue weighted by atomic mass is 10.0. The zero-order chi connectivity index (χ0) is 22.1. The number of methoxy groups -OCH3 is 1. The van der Waals surface area contributed by atoms with Gasteiger partial charge < -0.3 is 14.6 Å². The van der Waals surface area contributed by atoms with Crippen molar-refractivity contribution < 1.29 is 32.5 Å². The summed E-state index contributed by atoms with van der Waals surface area (Å²) in [6.45, 7) is -0.839. The number of carbonyl (C=O) groups excluding carboxylic acids is 1. The SMILES string of the molecule is COc1cccc(C2=NN(C(=O)COc3ccc(Cl)cc3Cl)[C@](O)(C(F)(F)F)C2)c1. The van der Waals surface area contributed by atoms with Gasteiger partial charge in [0.15, 0.2) is 6.61 Å². The van der Waals surface area contributed by atoms with Crippen molar-refractivity contribution >= 4 is 34.8 Å². The number of halogens is 5.